The summed E-state index contributed by atoms with van der Waals surface area (Å²) in [5, 5.41) is 153. The Labute approximate surface area is 449 Å². The summed E-state index contributed by atoms with van der Waals surface area (Å²) in [6.45, 7) is 15.3. The Morgan fingerprint density at radius 2 is 1.19 bits per heavy atom. The molecule has 4 saturated heterocycles. The van der Waals surface area contributed by atoms with Gasteiger partial charge in [-0.25, -0.2) is 4.79 Å². The van der Waals surface area contributed by atoms with E-state index < -0.39 is 160 Å². The minimum atomic E-state index is -2.16. The molecular weight excluding hydrogens is 1020 g/mol. The molecule has 8 fully saturated rings. The topological polar surface area (TPSA) is 374 Å². The summed E-state index contributed by atoms with van der Waals surface area (Å²) in [7, 11) is 0. The summed E-state index contributed by atoms with van der Waals surface area (Å²) in [5.74, 6) is -1.37. The lowest BCUT2D eigenvalue weighted by molar-refractivity contribution is -0.399. The van der Waals surface area contributed by atoms with Gasteiger partial charge in [0.05, 0.1) is 38.1 Å². The second kappa shape index (κ2) is 21.5. The second-order valence-corrected chi connectivity index (χ2v) is 26.5. The van der Waals surface area contributed by atoms with Gasteiger partial charge in [-0.15, -0.1) is 0 Å². The molecule has 442 valence electrons. The summed E-state index contributed by atoms with van der Waals surface area (Å²) in [5.41, 5.74) is -0.388. The summed E-state index contributed by atoms with van der Waals surface area (Å²) in [6.07, 6.45) is -28.5. The van der Waals surface area contributed by atoms with Crippen LogP contribution in [0.4, 0.5) is 0 Å². The van der Waals surface area contributed by atoms with Crippen molar-refractivity contribution in [3.63, 3.8) is 0 Å². The van der Waals surface area contributed by atoms with Crippen LogP contribution < -0.4 is 0 Å². The molecule has 0 bridgehead atoms. The van der Waals surface area contributed by atoms with Gasteiger partial charge in [-0.2, -0.15) is 0 Å². The molecule has 30 atom stereocenters. The number of rotatable bonds is 12. The molecule has 9 aliphatic rings. The number of aliphatic carboxylic acids is 1. The Bertz CT molecular complexity index is 2130. The normalized spacial score (nSPS) is 55.7. The zero-order valence-corrected chi connectivity index (χ0v) is 45.4. The zero-order valence-electron chi connectivity index (χ0n) is 45.4. The van der Waals surface area contributed by atoms with Crippen molar-refractivity contribution in [2.75, 3.05) is 19.8 Å². The molecule has 4 aliphatic heterocycles. The van der Waals surface area contributed by atoms with Crippen LogP contribution in [-0.4, -0.2) is 232 Å². The number of hydrogen-bond donors (Lipinski definition) is 14. The lowest BCUT2D eigenvalue weighted by Gasteiger charge is -2.72. The molecule has 4 heterocycles. The maximum Gasteiger partial charge on any atom is 0.335 e. The maximum atomic E-state index is 12.7. The number of aliphatic hydroxyl groups is 13. The summed E-state index contributed by atoms with van der Waals surface area (Å²) >= 11 is 0. The summed E-state index contributed by atoms with van der Waals surface area (Å²) in [4.78, 5) is 12.7. The number of carboxylic acids is 1. The van der Waals surface area contributed by atoms with Crippen molar-refractivity contribution in [3.05, 3.63) is 11.6 Å². The highest BCUT2D eigenvalue weighted by Crippen LogP contribution is 2.76. The molecule has 23 heteroatoms. The van der Waals surface area contributed by atoms with E-state index in [-0.39, 0.29) is 51.4 Å². The molecule has 9 rings (SSSR count). The third kappa shape index (κ3) is 9.80. The molecular formula is C54H88O23. The summed E-state index contributed by atoms with van der Waals surface area (Å²) in [6, 6.07) is 0. The molecule has 30 unspecified atom stereocenters. The molecule has 0 amide bonds. The third-order valence-electron chi connectivity index (χ3n) is 21.6. The van der Waals surface area contributed by atoms with E-state index in [4.69, 9.17) is 37.9 Å². The van der Waals surface area contributed by atoms with E-state index in [1.54, 1.807) is 0 Å². The molecule has 4 saturated carbocycles. The molecule has 0 aromatic heterocycles. The molecule has 0 aromatic carbocycles. The van der Waals surface area contributed by atoms with Crippen molar-refractivity contribution >= 4 is 5.97 Å². The number of aliphatic hydroxyl groups excluding tert-OH is 13. The van der Waals surface area contributed by atoms with Gasteiger partial charge < -0.3 is 109 Å². The predicted molar refractivity (Wildman–Crippen MR) is 263 cm³/mol. The SMILES string of the molecule is CC1OC(OC2C(OC3C(OC4CCC5(C)C(CCC6(C)C5CC=C5C7CC(C)(C)CC(O)C7(C)CCC56C)C4(C)CO)OC(C(=O)O)C(O)C3O)OC(COC3OC(CO)C(O)C(O)C3O)C(O)C2O)C(O)C(O)C1O. The Kier molecular flexibility index (Phi) is 16.8. The highest BCUT2D eigenvalue weighted by molar-refractivity contribution is 5.73. The average Bonchev–Trinajstić information content (AvgIpc) is 3.51. The van der Waals surface area contributed by atoms with Gasteiger partial charge in [0.25, 0.3) is 0 Å². The fourth-order valence-electron chi connectivity index (χ4n) is 16.5. The highest BCUT2D eigenvalue weighted by atomic mass is 16.8. The van der Waals surface area contributed by atoms with Gasteiger partial charge in [-0.1, -0.05) is 60.1 Å². The quantitative estimate of drug-likeness (QED) is 0.0783. The number of carboxylic acid groups (broad SMARTS) is 1. The van der Waals surface area contributed by atoms with Crippen molar-refractivity contribution in [1.82, 2.24) is 0 Å². The lowest BCUT2D eigenvalue weighted by Crippen LogP contribution is -2.68. The summed E-state index contributed by atoms with van der Waals surface area (Å²) < 4.78 is 48.1. The van der Waals surface area contributed by atoms with Crippen LogP contribution in [0.1, 0.15) is 113 Å². The van der Waals surface area contributed by atoms with Crippen LogP contribution in [0.3, 0.4) is 0 Å². The first-order chi connectivity index (χ1) is 35.9. The van der Waals surface area contributed by atoms with E-state index >= 15 is 0 Å². The second-order valence-electron chi connectivity index (χ2n) is 26.5. The molecule has 0 spiro atoms. The van der Waals surface area contributed by atoms with Gasteiger partial charge >= 0.3 is 5.97 Å². The van der Waals surface area contributed by atoms with Gasteiger partial charge in [-0.3, -0.25) is 0 Å². The van der Waals surface area contributed by atoms with Crippen LogP contribution in [0.25, 0.3) is 0 Å². The lowest BCUT2D eigenvalue weighted by atomic mass is 9.33. The van der Waals surface area contributed by atoms with Crippen molar-refractivity contribution in [1.29, 1.82) is 0 Å². The van der Waals surface area contributed by atoms with Crippen LogP contribution in [-0.2, 0) is 42.7 Å². The monoisotopic (exact) mass is 1100 g/mol. The van der Waals surface area contributed by atoms with Crippen LogP contribution in [0.2, 0.25) is 0 Å². The maximum absolute atomic E-state index is 12.7. The van der Waals surface area contributed by atoms with Crippen molar-refractivity contribution in [2.24, 2.45) is 50.2 Å². The van der Waals surface area contributed by atoms with E-state index in [2.05, 4.69) is 47.6 Å². The van der Waals surface area contributed by atoms with Gasteiger partial charge in [0.1, 0.15) is 85.5 Å². The Hall–Kier alpha value is -1.63. The minimum Gasteiger partial charge on any atom is -0.479 e. The first kappa shape index (κ1) is 60.0. The smallest absolute Gasteiger partial charge is 0.335 e. The van der Waals surface area contributed by atoms with E-state index in [1.807, 2.05) is 6.92 Å². The van der Waals surface area contributed by atoms with E-state index in [1.165, 1.54) is 12.5 Å². The zero-order chi connectivity index (χ0) is 56.4. The van der Waals surface area contributed by atoms with Crippen molar-refractivity contribution in [3.8, 4) is 0 Å². The van der Waals surface area contributed by atoms with Crippen molar-refractivity contribution in [2.45, 2.75) is 248 Å². The number of hydrogen-bond acceptors (Lipinski definition) is 22. The number of allylic oxidation sites excluding steroid dienone is 2. The van der Waals surface area contributed by atoms with Gasteiger partial charge in [0.2, 0.25) is 0 Å². The van der Waals surface area contributed by atoms with Crippen LogP contribution in [0, 0.1) is 50.2 Å². The number of fused-ring (bicyclic) bond motifs is 7. The Morgan fingerprint density at radius 3 is 1.84 bits per heavy atom. The minimum absolute atomic E-state index is 0.0155. The van der Waals surface area contributed by atoms with Gasteiger partial charge in [0, 0.05) is 10.8 Å². The molecule has 5 aliphatic carbocycles. The molecule has 14 N–H and O–H groups in total. The van der Waals surface area contributed by atoms with Crippen LogP contribution >= 0.6 is 0 Å². The fraction of sp³-hybridized carbons (Fsp3) is 0.944. The highest BCUT2D eigenvalue weighted by Gasteiger charge is 2.70. The molecule has 23 nitrogen and oxygen atoms in total. The van der Waals surface area contributed by atoms with E-state index in [0.29, 0.717) is 19.3 Å². The number of carbonyl (C=O) groups is 1. The number of ether oxygens (including phenoxy) is 8. The van der Waals surface area contributed by atoms with Gasteiger partial charge in [-0.05, 0) is 104 Å². The first-order valence-electron chi connectivity index (χ1n) is 27.8. The first-order valence-corrected chi connectivity index (χ1v) is 27.8. The largest absolute Gasteiger partial charge is 0.479 e. The Balaban J connectivity index is 1.00. The standard InChI is InChI=1S/C54H88O23/c1-22-31(58)34(61)40(67)46(71-22)76-42-36(63)33(60)26(20-70-45-39(66)35(62)32(59)25(19-55)72-45)73-47(42)77-43-38(65)37(64)41(44(68)69)75-48(43)74-30-12-13-51(5)27(52(30,6)21-56)11-14-54(8)28(51)10-9-23-24-17-49(2,3)18-29(57)50(24,4)15-16-53(23,54)7/h9,22,24-43,45-48,55-67H,10-21H2,1-8H3,(H,68,69). The molecule has 0 aromatic rings. The van der Waals surface area contributed by atoms with E-state index in [0.717, 1.165) is 38.5 Å². The van der Waals surface area contributed by atoms with Crippen LogP contribution in [0.15, 0.2) is 11.6 Å². The fourth-order valence-corrected chi connectivity index (χ4v) is 16.5. The van der Waals surface area contributed by atoms with Gasteiger partial charge in [0.15, 0.2) is 31.3 Å². The Morgan fingerprint density at radius 1 is 0.597 bits per heavy atom. The predicted octanol–water partition coefficient (Wildman–Crippen LogP) is -1.47. The molecule has 0 radical (unpaired) electrons. The third-order valence-corrected chi connectivity index (χ3v) is 21.6. The van der Waals surface area contributed by atoms with Crippen molar-refractivity contribution < 1.29 is 114 Å². The van der Waals surface area contributed by atoms with Crippen LogP contribution in [0.5, 0.6) is 0 Å². The van der Waals surface area contributed by atoms with E-state index in [9.17, 15) is 76.3 Å². The molecule has 77 heavy (non-hydrogen) atoms. The average molecular weight is 1110 g/mol.